The fourth-order valence-electron chi connectivity index (χ4n) is 5.22. The van der Waals surface area contributed by atoms with Gasteiger partial charge in [-0.3, -0.25) is 0 Å². The van der Waals surface area contributed by atoms with Crippen LogP contribution in [0.4, 0.5) is 5.82 Å². The first-order valence-corrected chi connectivity index (χ1v) is 12.9. The lowest BCUT2D eigenvalue weighted by atomic mass is 9.80. The van der Waals surface area contributed by atoms with Crippen LogP contribution in [0.25, 0.3) is 22.3 Å². The van der Waals surface area contributed by atoms with Crippen LogP contribution in [-0.4, -0.2) is 62.0 Å². The predicted molar refractivity (Wildman–Crippen MR) is 122 cm³/mol. The summed E-state index contributed by atoms with van der Waals surface area (Å²) in [5.41, 5.74) is 3.50. The Kier molecular flexibility index (Phi) is 4.32. The third kappa shape index (κ3) is 2.80. The number of H-pyrrole nitrogens is 1. The highest BCUT2D eigenvalue weighted by molar-refractivity contribution is 7.91. The lowest BCUT2D eigenvalue weighted by Crippen LogP contribution is -2.52. The molecule has 1 aliphatic carbocycles. The van der Waals surface area contributed by atoms with E-state index < -0.39 is 14.6 Å². The van der Waals surface area contributed by atoms with E-state index in [0.717, 1.165) is 28.5 Å². The highest BCUT2D eigenvalue weighted by Gasteiger charge is 2.53. The van der Waals surface area contributed by atoms with Crippen LogP contribution in [0.2, 0.25) is 0 Å². The Morgan fingerprint density at radius 1 is 1.22 bits per heavy atom. The maximum absolute atomic E-state index is 13.0. The normalized spacial score (nSPS) is 22.1. The summed E-state index contributed by atoms with van der Waals surface area (Å²) in [7, 11) is -3.40. The number of aromatic nitrogens is 3. The van der Waals surface area contributed by atoms with Crippen molar-refractivity contribution in [1.82, 2.24) is 15.0 Å². The molecule has 8 nitrogen and oxygen atoms in total. The minimum Gasteiger partial charge on any atom is -0.486 e. The number of benzene rings is 1. The van der Waals surface area contributed by atoms with Crippen LogP contribution in [0, 0.1) is 6.92 Å². The molecule has 0 radical (unpaired) electrons. The molecule has 0 amide bonds. The van der Waals surface area contributed by atoms with E-state index in [9.17, 15) is 8.42 Å². The maximum Gasteiger partial charge on any atom is 0.185 e. The van der Waals surface area contributed by atoms with Gasteiger partial charge in [0.15, 0.2) is 27.2 Å². The highest BCUT2D eigenvalue weighted by atomic mass is 32.2. The van der Waals surface area contributed by atoms with Crippen LogP contribution >= 0.6 is 0 Å². The molecule has 1 saturated carbocycles. The molecule has 1 saturated heterocycles. The predicted octanol–water partition coefficient (Wildman–Crippen LogP) is 2.95. The number of fused-ring (bicyclic) bond motifs is 4. The van der Waals surface area contributed by atoms with Crippen molar-refractivity contribution >= 4 is 26.6 Å². The number of hydrogen-bond acceptors (Lipinski definition) is 7. The minimum absolute atomic E-state index is 0.0622. The van der Waals surface area contributed by atoms with Gasteiger partial charge in [-0.25, -0.2) is 18.4 Å². The SMILES string of the molecule is Cc1cc(-c2nc3c(c(C4(S(C)(=O)=O)CCC4)n2)OC[C@@H]2COCCN32)c2cc[nH]c2c1. The average molecular weight is 455 g/mol. The molecule has 4 heterocycles. The number of nitrogens with zero attached hydrogens (tertiary/aromatic N) is 3. The number of aromatic amines is 1. The molecule has 0 unspecified atom stereocenters. The highest BCUT2D eigenvalue weighted by Crippen LogP contribution is 2.53. The molecule has 32 heavy (non-hydrogen) atoms. The summed E-state index contributed by atoms with van der Waals surface area (Å²) < 4.78 is 36.8. The van der Waals surface area contributed by atoms with E-state index in [0.29, 0.717) is 62.3 Å². The summed E-state index contributed by atoms with van der Waals surface area (Å²) in [5.74, 6) is 1.75. The van der Waals surface area contributed by atoms with Crippen molar-refractivity contribution < 1.29 is 17.9 Å². The smallest absolute Gasteiger partial charge is 0.185 e. The van der Waals surface area contributed by atoms with E-state index in [1.165, 1.54) is 6.26 Å². The molecule has 168 valence electrons. The summed E-state index contributed by atoms with van der Waals surface area (Å²) in [4.78, 5) is 15.4. The van der Waals surface area contributed by atoms with E-state index in [-0.39, 0.29) is 6.04 Å². The van der Waals surface area contributed by atoms with Crippen LogP contribution in [0.3, 0.4) is 0 Å². The third-order valence-electron chi connectivity index (χ3n) is 7.12. The first kappa shape index (κ1) is 20.0. The summed E-state index contributed by atoms with van der Waals surface area (Å²) >= 11 is 0. The van der Waals surface area contributed by atoms with Crippen molar-refractivity contribution in [1.29, 1.82) is 0 Å². The lowest BCUT2D eigenvalue weighted by molar-refractivity contribution is 0.0688. The van der Waals surface area contributed by atoms with Crippen molar-refractivity contribution in [3.05, 3.63) is 35.7 Å². The Hall–Kier alpha value is -2.65. The Morgan fingerprint density at radius 2 is 2.06 bits per heavy atom. The standard InChI is InChI=1S/C23H26N4O4S/c1-14-10-17(16-4-7-24-18(16)11-14)21-25-20(23(5-3-6-23)32(2,28)29)19-22(26-21)27-8-9-30-12-15(27)13-31-19/h4,7,10-11,15,24H,3,5-6,8-9,12-13H2,1-2H3/t15-/m0/s1. The first-order chi connectivity index (χ1) is 15.4. The van der Waals surface area contributed by atoms with Gasteiger partial charge in [0.2, 0.25) is 0 Å². The van der Waals surface area contributed by atoms with Gasteiger partial charge < -0.3 is 19.4 Å². The van der Waals surface area contributed by atoms with Crippen molar-refractivity contribution in [2.24, 2.45) is 0 Å². The van der Waals surface area contributed by atoms with Gasteiger partial charge in [-0.05, 0) is 49.9 Å². The second-order valence-corrected chi connectivity index (χ2v) is 11.5. The van der Waals surface area contributed by atoms with Crippen LogP contribution in [0.1, 0.15) is 30.5 Å². The Bertz CT molecular complexity index is 1330. The second-order valence-electron chi connectivity index (χ2n) is 9.15. The van der Waals surface area contributed by atoms with Crippen molar-refractivity contribution in [2.45, 2.75) is 37.0 Å². The number of rotatable bonds is 3. The summed E-state index contributed by atoms with van der Waals surface area (Å²) in [6, 6.07) is 6.22. The zero-order valence-corrected chi connectivity index (χ0v) is 19.0. The Labute approximate surface area is 186 Å². The molecule has 1 atom stereocenters. The molecule has 2 fully saturated rings. The first-order valence-electron chi connectivity index (χ1n) is 11.0. The number of anilines is 1. The Balaban J connectivity index is 1.64. The monoisotopic (exact) mass is 454 g/mol. The van der Waals surface area contributed by atoms with Crippen LogP contribution in [-0.2, 0) is 19.3 Å². The maximum atomic E-state index is 13.0. The molecular formula is C23H26N4O4S. The van der Waals surface area contributed by atoms with Gasteiger partial charge in [-0.15, -0.1) is 0 Å². The summed E-state index contributed by atoms with van der Waals surface area (Å²) in [5, 5.41) is 1.01. The molecule has 0 spiro atoms. The van der Waals surface area contributed by atoms with Crippen molar-refractivity contribution in [3.8, 4) is 17.1 Å². The topological polar surface area (TPSA) is 97.4 Å². The van der Waals surface area contributed by atoms with Gasteiger partial charge in [-0.1, -0.05) is 0 Å². The molecule has 0 bridgehead atoms. The average Bonchev–Trinajstić information content (AvgIpc) is 3.19. The van der Waals surface area contributed by atoms with Gasteiger partial charge in [0.1, 0.15) is 17.0 Å². The Morgan fingerprint density at radius 3 is 2.81 bits per heavy atom. The van der Waals surface area contributed by atoms with Crippen molar-refractivity contribution in [2.75, 3.05) is 37.5 Å². The summed E-state index contributed by atoms with van der Waals surface area (Å²) in [6.07, 6.45) is 5.18. The third-order valence-corrected chi connectivity index (χ3v) is 9.15. The van der Waals surface area contributed by atoms with E-state index in [2.05, 4.69) is 22.0 Å². The summed E-state index contributed by atoms with van der Waals surface area (Å²) in [6.45, 7) is 4.34. The van der Waals surface area contributed by atoms with Gasteiger partial charge in [-0.2, -0.15) is 0 Å². The zero-order valence-electron chi connectivity index (χ0n) is 18.2. The van der Waals surface area contributed by atoms with Crippen LogP contribution in [0.5, 0.6) is 5.75 Å². The second kappa shape index (κ2) is 6.92. The van der Waals surface area contributed by atoms with E-state index in [1.807, 2.05) is 19.2 Å². The van der Waals surface area contributed by atoms with Gasteiger partial charge in [0.25, 0.3) is 0 Å². The number of morpholine rings is 1. The van der Waals surface area contributed by atoms with Crippen LogP contribution < -0.4 is 9.64 Å². The lowest BCUT2D eigenvalue weighted by Gasteiger charge is -2.44. The van der Waals surface area contributed by atoms with Gasteiger partial charge in [0, 0.05) is 35.5 Å². The number of nitrogens with one attached hydrogen (secondary N) is 1. The quantitative estimate of drug-likeness (QED) is 0.650. The van der Waals surface area contributed by atoms with Gasteiger partial charge >= 0.3 is 0 Å². The van der Waals surface area contributed by atoms with Crippen molar-refractivity contribution in [3.63, 3.8) is 0 Å². The molecular weight excluding hydrogens is 428 g/mol. The molecule has 1 N–H and O–H groups in total. The van der Waals surface area contributed by atoms with E-state index in [4.69, 9.17) is 19.4 Å². The van der Waals surface area contributed by atoms with E-state index >= 15 is 0 Å². The number of aryl methyl sites for hydroxylation is 1. The molecule has 2 aromatic heterocycles. The minimum atomic E-state index is -3.40. The fourth-order valence-corrected chi connectivity index (χ4v) is 6.74. The zero-order chi connectivity index (χ0) is 22.1. The molecule has 1 aromatic carbocycles. The van der Waals surface area contributed by atoms with E-state index in [1.54, 1.807) is 0 Å². The number of hydrogen-bond donors (Lipinski definition) is 1. The van der Waals surface area contributed by atoms with Crippen LogP contribution in [0.15, 0.2) is 24.4 Å². The fraction of sp³-hybridized carbons (Fsp3) is 0.478. The molecule has 9 heteroatoms. The van der Waals surface area contributed by atoms with Gasteiger partial charge in [0.05, 0.1) is 19.3 Å². The largest absolute Gasteiger partial charge is 0.486 e. The number of sulfone groups is 1. The molecule has 3 aliphatic rings. The molecule has 6 rings (SSSR count). The molecule has 3 aromatic rings. The number of ether oxygens (including phenoxy) is 2. The molecule has 2 aliphatic heterocycles.